The van der Waals surface area contributed by atoms with Gasteiger partial charge in [-0.25, -0.2) is 0 Å². The molecule has 3 heteroatoms. The number of thiophene rings is 1. The number of hydrogen-bond donors (Lipinski definition) is 0. The molecule has 1 atom stereocenters. The van der Waals surface area contributed by atoms with Crippen molar-refractivity contribution in [2.75, 3.05) is 6.54 Å². The summed E-state index contributed by atoms with van der Waals surface area (Å²) in [6.07, 6.45) is 4.53. The second-order valence-corrected chi connectivity index (χ2v) is 7.14. The fourth-order valence-electron chi connectivity index (χ4n) is 3.38. The molecule has 0 radical (unpaired) electrons. The van der Waals surface area contributed by atoms with Crippen molar-refractivity contribution in [2.45, 2.75) is 12.5 Å². The van der Waals surface area contributed by atoms with E-state index in [1.54, 1.807) is 17.4 Å². The summed E-state index contributed by atoms with van der Waals surface area (Å²) in [7, 11) is 0. The molecule has 1 aromatic heterocycles. The molecule has 0 aliphatic carbocycles. The van der Waals surface area contributed by atoms with Gasteiger partial charge in [-0.05, 0) is 40.6 Å². The Morgan fingerprint density at radius 1 is 1.00 bits per heavy atom. The lowest BCUT2D eigenvalue weighted by molar-refractivity contribution is -0.127. The minimum Gasteiger partial charge on any atom is -0.328 e. The van der Waals surface area contributed by atoms with E-state index in [1.807, 2.05) is 59.5 Å². The fraction of sp³-hybridized carbons (Fsp3) is 0.136. The van der Waals surface area contributed by atoms with Crippen molar-refractivity contribution in [3.8, 4) is 0 Å². The van der Waals surface area contributed by atoms with Crippen LogP contribution in [0.3, 0.4) is 0 Å². The lowest BCUT2D eigenvalue weighted by Crippen LogP contribution is -2.39. The van der Waals surface area contributed by atoms with Crippen LogP contribution in [0.25, 0.3) is 6.08 Å². The van der Waals surface area contributed by atoms with Gasteiger partial charge in [-0.15, -0.1) is 11.3 Å². The van der Waals surface area contributed by atoms with Crippen LogP contribution >= 0.6 is 11.3 Å². The van der Waals surface area contributed by atoms with Gasteiger partial charge in [-0.2, -0.15) is 0 Å². The first-order valence-electron chi connectivity index (χ1n) is 8.48. The van der Waals surface area contributed by atoms with Crippen LogP contribution in [0, 0.1) is 0 Å². The minimum absolute atomic E-state index is 0.00382. The Kier molecular flexibility index (Phi) is 4.49. The Balaban J connectivity index is 1.66. The Morgan fingerprint density at radius 2 is 1.72 bits per heavy atom. The maximum Gasteiger partial charge on any atom is 0.247 e. The average molecular weight is 345 g/mol. The van der Waals surface area contributed by atoms with E-state index in [-0.39, 0.29) is 11.9 Å². The van der Waals surface area contributed by atoms with Gasteiger partial charge < -0.3 is 4.90 Å². The third-order valence-corrected chi connectivity index (χ3v) is 5.58. The van der Waals surface area contributed by atoms with Crippen LogP contribution < -0.4 is 0 Å². The van der Waals surface area contributed by atoms with Gasteiger partial charge in [0.1, 0.15) is 0 Å². The molecule has 1 amide bonds. The van der Waals surface area contributed by atoms with E-state index >= 15 is 0 Å². The van der Waals surface area contributed by atoms with Crippen molar-refractivity contribution in [3.63, 3.8) is 0 Å². The highest BCUT2D eigenvalue weighted by Gasteiger charge is 2.31. The zero-order chi connectivity index (χ0) is 17.1. The van der Waals surface area contributed by atoms with Crippen LogP contribution in [0.15, 0.2) is 78.2 Å². The zero-order valence-corrected chi connectivity index (χ0v) is 14.7. The van der Waals surface area contributed by atoms with E-state index in [1.165, 1.54) is 16.0 Å². The average Bonchev–Trinajstić information content (AvgIpc) is 3.15. The highest BCUT2D eigenvalue weighted by molar-refractivity contribution is 7.10. The molecule has 0 saturated heterocycles. The summed E-state index contributed by atoms with van der Waals surface area (Å²) >= 11 is 1.79. The van der Waals surface area contributed by atoms with E-state index in [0.717, 1.165) is 18.5 Å². The van der Waals surface area contributed by atoms with E-state index in [9.17, 15) is 4.79 Å². The van der Waals surface area contributed by atoms with Gasteiger partial charge in [0, 0.05) is 17.5 Å². The van der Waals surface area contributed by atoms with Gasteiger partial charge in [0.25, 0.3) is 0 Å². The standard InChI is InChI=1S/C22H19NOS/c24-21(12-11-17-7-3-1-4-8-17)23-15-13-20-19(14-16-25-20)22(23)18-9-5-2-6-10-18/h1-12,14,16,22H,13,15H2/b12-11+/t22-/m0/s1. The maximum atomic E-state index is 12.9. The molecule has 0 bridgehead atoms. The molecule has 124 valence electrons. The zero-order valence-electron chi connectivity index (χ0n) is 13.8. The predicted molar refractivity (Wildman–Crippen MR) is 103 cm³/mol. The van der Waals surface area contributed by atoms with Crippen LogP contribution in [-0.2, 0) is 11.2 Å². The molecule has 1 aliphatic heterocycles. The second-order valence-electron chi connectivity index (χ2n) is 6.14. The third-order valence-electron chi connectivity index (χ3n) is 4.58. The number of hydrogen-bond acceptors (Lipinski definition) is 2. The molecular weight excluding hydrogens is 326 g/mol. The van der Waals surface area contributed by atoms with E-state index < -0.39 is 0 Å². The lowest BCUT2D eigenvalue weighted by atomic mass is 9.93. The predicted octanol–water partition coefficient (Wildman–Crippen LogP) is 4.94. The summed E-state index contributed by atoms with van der Waals surface area (Å²) in [4.78, 5) is 16.3. The number of carbonyl (C=O) groups excluding carboxylic acids is 1. The fourth-order valence-corrected chi connectivity index (χ4v) is 4.28. The molecule has 0 fully saturated rings. The Morgan fingerprint density at radius 3 is 2.48 bits per heavy atom. The van der Waals surface area contributed by atoms with E-state index in [0.29, 0.717) is 0 Å². The Hall–Kier alpha value is -2.65. The first-order valence-corrected chi connectivity index (χ1v) is 9.36. The van der Waals surface area contributed by atoms with Crippen LogP contribution in [0.5, 0.6) is 0 Å². The van der Waals surface area contributed by atoms with Crippen molar-refractivity contribution >= 4 is 23.3 Å². The summed E-state index contributed by atoms with van der Waals surface area (Å²) < 4.78 is 0. The van der Waals surface area contributed by atoms with Crippen molar-refractivity contribution < 1.29 is 4.79 Å². The summed E-state index contributed by atoms with van der Waals surface area (Å²) in [5, 5.41) is 2.13. The van der Waals surface area contributed by atoms with Crippen molar-refractivity contribution in [3.05, 3.63) is 99.8 Å². The molecule has 1 aliphatic rings. The molecule has 4 rings (SSSR count). The highest BCUT2D eigenvalue weighted by atomic mass is 32.1. The van der Waals surface area contributed by atoms with Crippen LogP contribution in [0.1, 0.15) is 27.6 Å². The van der Waals surface area contributed by atoms with Gasteiger partial charge in [0.05, 0.1) is 6.04 Å². The molecule has 0 spiro atoms. The Labute approximate surface area is 152 Å². The largest absolute Gasteiger partial charge is 0.328 e. The molecule has 3 aromatic rings. The Bertz CT molecular complexity index is 883. The number of nitrogens with zero attached hydrogens (tertiary/aromatic N) is 1. The van der Waals surface area contributed by atoms with Crippen LogP contribution in [-0.4, -0.2) is 17.4 Å². The molecule has 0 saturated carbocycles. The molecule has 2 heterocycles. The molecule has 2 aromatic carbocycles. The van der Waals surface area contributed by atoms with Gasteiger partial charge in [-0.1, -0.05) is 60.7 Å². The minimum atomic E-state index is 0.00382. The normalized spacial score (nSPS) is 16.8. The van der Waals surface area contributed by atoms with Crippen molar-refractivity contribution in [2.24, 2.45) is 0 Å². The molecule has 25 heavy (non-hydrogen) atoms. The SMILES string of the molecule is O=C(/C=C/c1ccccc1)N1CCc2sccc2[C@@H]1c1ccccc1. The first-order chi connectivity index (χ1) is 12.3. The molecule has 2 nitrogen and oxygen atoms in total. The topological polar surface area (TPSA) is 20.3 Å². The van der Waals surface area contributed by atoms with E-state index in [4.69, 9.17) is 0 Å². The lowest BCUT2D eigenvalue weighted by Gasteiger charge is -2.35. The van der Waals surface area contributed by atoms with Gasteiger partial charge >= 0.3 is 0 Å². The van der Waals surface area contributed by atoms with Gasteiger partial charge in [0.2, 0.25) is 5.91 Å². The molecule has 0 N–H and O–H groups in total. The first kappa shape index (κ1) is 15.9. The number of fused-ring (bicyclic) bond motifs is 1. The maximum absolute atomic E-state index is 12.9. The quantitative estimate of drug-likeness (QED) is 0.616. The number of rotatable bonds is 3. The van der Waals surface area contributed by atoms with Gasteiger partial charge in [0.15, 0.2) is 0 Å². The number of amides is 1. The number of benzene rings is 2. The van der Waals surface area contributed by atoms with Crippen molar-refractivity contribution in [1.82, 2.24) is 4.90 Å². The van der Waals surface area contributed by atoms with Crippen LogP contribution in [0.4, 0.5) is 0 Å². The van der Waals surface area contributed by atoms with Crippen molar-refractivity contribution in [1.29, 1.82) is 0 Å². The van der Waals surface area contributed by atoms with Gasteiger partial charge in [-0.3, -0.25) is 4.79 Å². The second kappa shape index (κ2) is 7.08. The van der Waals surface area contributed by atoms with Crippen LogP contribution in [0.2, 0.25) is 0 Å². The molecular formula is C22H19NOS. The summed E-state index contributed by atoms with van der Waals surface area (Å²) in [5.41, 5.74) is 3.48. The van der Waals surface area contributed by atoms with E-state index in [2.05, 4.69) is 23.6 Å². The molecule has 0 unspecified atom stereocenters. The smallest absolute Gasteiger partial charge is 0.247 e. The summed E-state index contributed by atoms with van der Waals surface area (Å²) in [5.74, 6) is 0.0644. The third kappa shape index (κ3) is 3.28. The summed E-state index contributed by atoms with van der Waals surface area (Å²) in [6, 6.07) is 22.4. The monoisotopic (exact) mass is 345 g/mol. The highest BCUT2D eigenvalue weighted by Crippen LogP contribution is 2.37. The number of carbonyl (C=O) groups is 1. The summed E-state index contributed by atoms with van der Waals surface area (Å²) in [6.45, 7) is 0.755.